The van der Waals surface area contributed by atoms with Gasteiger partial charge in [0, 0.05) is 16.5 Å². The van der Waals surface area contributed by atoms with Crippen molar-refractivity contribution >= 4 is 38.2 Å². The van der Waals surface area contributed by atoms with Gasteiger partial charge in [0.2, 0.25) is 10.0 Å². The van der Waals surface area contributed by atoms with E-state index in [2.05, 4.69) is 10.0 Å². The van der Waals surface area contributed by atoms with Crippen molar-refractivity contribution < 1.29 is 22.7 Å². The number of esters is 1. The van der Waals surface area contributed by atoms with Crippen molar-refractivity contribution in [3.8, 4) is 0 Å². The second-order valence-corrected chi connectivity index (χ2v) is 9.40. The minimum atomic E-state index is -3.72. The summed E-state index contributed by atoms with van der Waals surface area (Å²) in [6.07, 6.45) is 0. The zero-order chi connectivity index (χ0) is 21.1. The van der Waals surface area contributed by atoms with Gasteiger partial charge in [0.25, 0.3) is 5.91 Å². The predicted octanol–water partition coefficient (Wildman–Crippen LogP) is 3.48. The minimum absolute atomic E-state index is 0.00185. The third-order valence-corrected chi connectivity index (χ3v) is 6.67. The Labute approximate surface area is 169 Å². The van der Waals surface area contributed by atoms with Crippen LogP contribution in [-0.4, -0.2) is 32.9 Å². The lowest BCUT2D eigenvalue weighted by Crippen LogP contribution is -2.30. The lowest BCUT2D eigenvalue weighted by molar-refractivity contribution is 0.0527. The fraction of sp³-hybridized carbons (Fsp3) is 0.368. The van der Waals surface area contributed by atoms with Crippen LogP contribution in [0.3, 0.4) is 0 Å². The largest absolute Gasteiger partial charge is 0.462 e. The van der Waals surface area contributed by atoms with Crippen molar-refractivity contribution in [1.82, 2.24) is 4.72 Å². The fourth-order valence-corrected chi connectivity index (χ4v) is 4.86. The van der Waals surface area contributed by atoms with E-state index in [1.54, 1.807) is 27.7 Å². The summed E-state index contributed by atoms with van der Waals surface area (Å²) in [5.74, 6) is -1.01. The van der Waals surface area contributed by atoms with Gasteiger partial charge in [0.05, 0.1) is 17.1 Å². The van der Waals surface area contributed by atoms with Crippen molar-refractivity contribution in [2.45, 2.75) is 45.6 Å². The molecule has 2 N–H and O–H groups in total. The molecule has 0 atom stereocenters. The molecule has 1 aromatic carbocycles. The van der Waals surface area contributed by atoms with Gasteiger partial charge < -0.3 is 10.1 Å². The van der Waals surface area contributed by atoms with Crippen LogP contribution < -0.4 is 10.0 Å². The maximum Gasteiger partial charge on any atom is 0.341 e. The summed E-state index contributed by atoms with van der Waals surface area (Å²) in [6, 6.07) is 5.47. The Kier molecular flexibility index (Phi) is 6.97. The first-order chi connectivity index (χ1) is 13.1. The summed E-state index contributed by atoms with van der Waals surface area (Å²) < 4.78 is 32.2. The summed E-state index contributed by atoms with van der Waals surface area (Å²) >= 11 is 1.27. The van der Waals surface area contributed by atoms with Crippen molar-refractivity contribution in [3.05, 3.63) is 45.8 Å². The molecule has 1 aromatic heterocycles. The number of sulfonamides is 1. The van der Waals surface area contributed by atoms with Crippen LogP contribution in [-0.2, 0) is 14.8 Å². The van der Waals surface area contributed by atoms with Crippen molar-refractivity contribution in [1.29, 1.82) is 0 Å². The zero-order valence-electron chi connectivity index (χ0n) is 16.5. The highest BCUT2D eigenvalue weighted by Gasteiger charge is 2.23. The first kappa shape index (κ1) is 22.1. The van der Waals surface area contributed by atoms with E-state index in [9.17, 15) is 18.0 Å². The molecule has 7 nitrogen and oxygen atoms in total. The van der Waals surface area contributed by atoms with Gasteiger partial charge in [-0.05, 0) is 58.4 Å². The van der Waals surface area contributed by atoms with Gasteiger partial charge in [-0.25, -0.2) is 17.9 Å². The molecule has 2 aromatic rings. The van der Waals surface area contributed by atoms with Gasteiger partial charge in [0.15, 0.2) is 0 Å². The quantitative estimate of drug-likeness (QED) is 0.663. The normalized spacial score (nSPS) is 11.5. The summed E-state index contributed by atoms with van der Waals surface area (Å²) in [4.78, 5) is 25.8. The smallest absolute Gasteiger partial charge is 0.341 e. The monoisotopic (exact) mass is 424 g/mol. The molecule has 0 radical (unpaired) electrons. The molecule has 28 heavy (non-hydrogen) atoms. The lowest BCUT2D eigenvalue weighted by atomic mass is 10.1. The van der Waals surface area contributed by atoms with Crippen LogP contribution in [0.2, 0.25) is 0 Å². The van der Waals surface area contributed by atoms with Gasteiger partial charge in [-0.3, -0.25) is 4.79 Å². The first-order valence-corrected chi connectivity index (χ1v) is 11.1. The van der Waals surface area contributed by atoms with Gasteiger partial charge in [-0.15, -0.1) is 11.3 Å². The number of amides is 1. The average molecular weight is 425 g/mol. The maximum atomic E-state index is 12.7. The third kappa shape index (κ3) is 4.98. The number of rotatable bonds is 7. The molecule has 152 valence electrons. The Hall–Kier alpha value is -2.23. The Balaban J connectivity index is 2.33. The van der Waals surface area contributed by atoms with Crippen LogP contribution in [0.4, 0.5) is 5.00 Å². The molecule has 1 heterocycles. The van der Waals surface area contributed by atoms with Crippen LogP contribution in [0.1, 0.15) is 51.9 Å². The maximum absolute atomic E-state index is 12.7. The standard InChI is InChI=1S/C19H24N2O5S2/c1-6-26-19(23)16-12(4)13(5)27-18(16)20-17(22)14-8-7-9-15(10-14)28(24,25)21-11(2)3/h7-11,21H,6H2,1-5H3,(H,20,22). The SMILES string of the molecule is CCOC(=O)c1c(NC(=O)c2cccc(S(=O)(=O)NC(C)C)c2)sc(C)c1C. The molecule has 0 saturated carbocycles. The topological polar surface area (TPSA) is 102 Å². The number of anilines is 1. The highest BCUT2D eigenvalue weighted by atomic mass is 32.2. The molecule has 9 heteroatoms. The van der Waals surface area contributed by atoms with Crippen LogP contribution in [0.15, 0.2) is 29.2 Å². The van der Waals surface area contributed by atoms with Crippen molar-refractivity contribution in [3.63, 3.8) is 0 Å². The number of aryl methyl sites for hydroxylation is 1. The number of benzene rings is 1. The molecular weight excluding hydrogens is 400 g/mol. The highest BCUT2D eigenvalue weighted by molar-refractivity contribution is 7.89. The molecular formula is C19H24N2O5S2. The Morgan fingerprint density at radius 1 is 1.21 bits per heavy atom. The molecule has 0 spiro atoms. The highest BCUT2D eigenvalue weighted by Crippen LogP contribution is 2.33. The van der Waals surface area contributed by atoms with Gasteiger partial charge >= 0.3 is 5.97 Å². The van der Waals surface area contributed by atoms with E-state index in [1.165, 1.54) is 35.6 Å². The molecule has 0 saturated heterocycles. The summed E-state index contributed by atoms with van der Waals surface area (Å²) in [6.45, 7) is 9.01. The van der Waals surface area contributed by atoms with Crippen LogP contribution in [0, 0.1) is 13.8 Å². The van der Waals surface area contributed by atoms with Gasteiger partial charge in [-0.2, -0.15) is 0 Å². The molecule has 0 aliphatic heterocycles. The van der Waals surface area contributed by atoms with Crippen molar-refractivity contribution in [2.24, 2.45) is 0 Å². The second-order valence-electron chi connectivity index (χ2n) is 6.47. The summed E-state index contributed by atoms with van der Waals surface area (Å²) in [7, 11) is -3.72. The van der Waals surface area contributed by atoms with E-state index in [0.717, 1.165) is 10.4 Å². The average Bonchev–Trinajstić information content (AvgIpc) is 2.88. The number of hydrogen-bond donors (Lipinski definition) is 2. The summed E-state index contributed by atoms with van der Waals surface area (Å²) in [5, 5.41) is 3.09. The number of carbonyl (C=O) groups excluding carboxylic acids is 2. The molecule has 0 fully saturated rings. The van der Waals surface area contributed by atoms with E-state index in [-0.39, 0.29) is 23.1 Å². The molecule has 1 amide bonds. The predicted molar refractivity (Wildman–Crippen MR) is 110 cm³/mol. The molecule has 0 aliphatic rings. The van der Waals surface area contributed by atoms with E-state index < -0.39 is 21.9 Å². The van der Waals surface area contributed by atoms with E-state index >= 15 is 0 Å². The Morgan fingerprint density at radius 2 is 1.89 bits per heavy atom. The Bertz CT molecular complexity index is 994. The number of hydrogen-bond acceptors (Lipinski definition) is 6. The zero-order valence-corrected chi connectivity index (χ0v) is 18.1. The summed E-state index contributed by atoms with van der Waals surface area (Å²) in [5.41, 5.74) is 1.24. The Morgan fingerprint density at radius 3 is 2.50 bits per heavy atom. The van der Waals surface area contributed by atoms with E-state index in [4.69, 9.17) is 4.74 Å². The molecule has 0 bridgehead atoms. The van der Waals surface area contributed by atoms with Gasteiger partial charge in [-0.1, -0.05) is 6.07 Å². The first-order valence-electron chi connectivity index (χ1n) is 8.77. The van der Waals surface area contributed by atoms with Crippen LogP contribution in [0.5, 0.6) is 0 Å². The number of ether oxygens (including phenoxy) is 1. The fourth-order valence-electron chi connectivity index (χ4n) is 2.52. The van der Waals surface area contributed by atoms with Crippen LogP contribution >= 0.6 is 11.3 Å². The number of carbonyl (C=O) groups is 2. The van der Waals surface area contributed by atoms with Gasteiger partial charge in [0.1, 0.15) is 5.00 Å². The molecule has 0 unspecified atom stereocenters. The van der Waals surface area contributed by atoms with E-state index in [1.807, 2.05) is 6.92 Å². The number of thiophene rings is 1. The van der Waals surface area contributed by atoms with Crippen LogP contribution in [0.25, 0.3) is 0 Å². The third-order valence-electron chi connectivity index (χ3n) is 3.89. The minimum Gasteiger partial charge on any atom is -0.462 e. The molecule has 0 aliphatic carbocycles. The van der Waals surface area contributed by atoms with E-state index in [0.29, 0.717) is 10.6 Å². The second kappa shape index (κ2) is 8.85. The number of nitrogens with one attached hydrogen (secondary N) is 2. The molecule has 2 rings (SSSR count). The van der Waals surface area contributed by atoms with Crippen molar-refractivity contribution in [2.75, 3.05) is 11.9 Å². The lowest BCUT2D eigenvalue weighted by Gasteiger charge is -2.11.